The lowest BCUT2D eigenvalue weighted by atomic mass is 10.2. The van der Waals surface area contributed by atoms with Gasteiger partial charge in [-0.15, -0.1) is 0 Å². The van der Waals surface area contributed by atoms with Gasteiger partial charge in [-0.05, 0) is 32.6 Å². The van der Waals surface area contributed by atoms with Crippen LogP contribution in [0.2, 0.25) is 0 Å². The number of hydrogen-bond donors (Lipinski definition) is 1. The zero-order valence-electron chi connectivity index (χ0n) is 11.1. The van der Waals surface area contributed by atoms with Crippen LogP contribution in [-0.2, 0) is 0 Å². The summed E-state index contributed by atoms with van der Waals surface area (Å²) in [4.78, 5) is 14.0. The maximum absolute atomic E-state index is 12.1. The zero-order chi connectivity index (χ0) is 12.1. The number of amides is 2. The van der Waals surface area contributed by atoms with Crippen molar-refractivity contribution >= 4 is 6.03 Å². The summed E-state index contributed by atoms with van der Waals surface area (Å²) in [7, 11) is 0. The molecule has 0 aromatic heterocycles. The van der Waals surface area contributed by atoms with E-state index in [1.54, 1.807) is 0 Å². The van der Waals surface area contributed by atoms with Crippen LogP contribution in [-0.4, -0.2) is 29.6 Å². The highest BCUT2D eigenvalue weighted by Gasteiger charge is 2.22. The van der Waals surface area contributed by atoms with Crippen LogP contribution in [0.1, 0.15) is 53.4 Å². The molecule has 1 aliphatic rings. The normalized spacial score (nSPS) is 17.1. The molecule has 1 aliphatic carbocycles. The van der Waals surface area contributed by atoms with E-state index in [2.05, 4.69) is 33.0 Å². The maximum atomic E-state index is 12.1. The van der Waals surface area contributed by atoms with Gasteiger partial charge in [0.15, 0.2) is 0 Å². The standard InChI is InChI=1S/C13H26N2O/c1-10(2)9-15(11(3)4)13(16)14-12-7-5-6-8-12/h10-12H,5-9H2,1-4H3,(H,14,16). The Hall–Kier alpha value is -0.730. The molecule has 1 rings (SSSR count). The summed E-state index contributed by atoms with van der Waals surface area (Å²) in [6.45, 7) is 9.31. The lowest BCUT2D eigenvalue weighted by Crippen LogP contribution is -2.48. The van der Waals surface area contributed by atoms with Gasteiger partial charge in [0.2, 0.25) is 0 Å². The average Bonchev–Trinajstić information content (AvgIpc) is 2.65. The van der Waals surface area contributed by atoms with Crippen molar-refractivity contribution < 1.29 is 4.79 Å². The van der Waals surface area contributed by atoms with Crippen molar-refractivity contribution in [2.24, 2.45) is 5.92 Å². The number of nitrogens with one attached hydrogen (secondary N) is 1. The SMILES string of the molecule is CC(C)CN(C(=O)NC1CCCC1)C(C)C. The molecule has 1 N–H and O–H groups in total. The van der Waals surface area contributed by atoms with Crippen LogP contribution >= 0.6 is 0 Å². The topological polar surface area (TPSA) is 32.3 Å². The van der Waals surface area contributed by atoms with E-state index in [-0.39, 0.29) is 12.1 Å². The molecule has 0 aromatic rings. The van der Waals surface area contributed by atoms with E-state index >= 15 is 0 Å². The third-order valence-corrected chi connectivity index (χ3v) is 3.13. The Bertz CT molecular complexity index is 220. The number of rotatable bonds is 4. The molecule has 0 unspecified atom stereocenters. The Kier molecular flexibility index (Phi) is 5.10. The van der Waals surface area contributed by atoms with Gasteiger partial charge in [0.1, 0.15) is 0 Å². The van der Waals surface area contributed by atoms with Gasteiger partial charge in [0.05, 0.1) is 0 Å². The van der Waals surface area contributed by atoms with E-state index in [0.717, 1.165) is 19.4 Å². The molecule has 3 nitrogen and oxygen atoms in total. The van der Waals surface area contributed by atoms with Crippen molar-refractivity contribution in [3.05, 3.63) is 0 Å². The van der Waals surface area contributed by atoms with Gasteiger partial charge < -0.3 is 10.2 Å². The minimum absolute atomic E-state index is 0.121. The van der Waals surface area contributed by atoms with Gasteiger partial charge in [-0.2, -0.15) is 0 Å². The van der Waals surface area contributed by atoms with Crippen molar-refractivity contribution in [1.29, 1.82) is 0 Å². The number of hydrogen-bond acceptors (Lipinski definition) is 1. The van der Waals surface area contributed by atoms with Crippen molar-refractivity contribution in [2.45, 2.75) is 65.5 Å². The Labute approximate surface area is 99.6 Å². The first kappa shape index (κ1) is 13.3. The fourth-order valence-corrected chi connectivity index (χ4v) is 2.25. The molecule has 0 radical (unpaired) electrons. The van der Waals surface area contributed by atoms with Gasteiger partial charge in [0.25, 0.3) is 0 Å². The van der Waals surface area contributed by atoms with Gasteiger partial charge in [0, 0.05) is 18.6 Å². The van der Waals surface area contributed by atoms with E-state index in [1.165, 1.54) is 12.8 Å². The summed E-state index contributed by atoms with van der Waals surface area (Å²) in [5.74, 6) is 0.525. The Morgan fingerprint density at radius 2 is 1.81 bits per heavy atom. The minimum atomic E-state index is 0.121. The molecule has 1 fully saturated rings. The Morgan fingerprint density at radius 3 is 2.25 bits per heavy atom. The quantitative estimate of drug-likeness (QED) is 0.785. The van der Waals surface area contributed by atoms with Crippen LogP contribution in [0.25, 0.3) is 0 Å². The molecule has 16 heavy (non-hydrogen) atoms. The first-order valence-electron chi connectivity index (χ1n) is 6.57. The number of carbonyl (C=O) groups excluding carboxylic acids is 1. The number of urea groups is 1. The Balaban J connectivity index is 2.46. The van der Waals surface area contributed by atoms with Crippen molar-refractivity contribution in [3.63, 3.8) is 0 Å². The first-order valence-corrected chi connectivity index (χ1v) is 6.57. The van der Waals surface area contributed by atoms with Crippen molar-refractivity contribution in [3.8, 4) is 0 Å². The second-order valence-corrected chi connectivity index (χ2v) is 5.57. The Morgan fingerprint density at radius 1 is 1.25 bits per heavy atom. The second kappa shape index (κ2) is 6.12. The van der Waals surface area contributed by atoms with Crippen molar-refractivity contribution in [1.82, 2.24) is 10.2 Å². The maximum Gasteiger partial charge on any atom is 0.317 e. The molecule has 0 atom stereocenters. The molecular weight excluding hydrogens is 200 g/mol. The number of carbonyl (C=O) groups is 1. The monoisotopic (exact) mass is 226 g/mol. The highest BCUT2D eigenvalue weighted by molar-refractivity contribution is 5.74. The number of nitrogens with zero attached hydrogens (tertiary/aromatic N) is 1. The fraction of sp³-hybridized carbons (Fsp3) is 0.923. The molecule has 2 amide bonds. The van der Waals surface area contributed by atoms with E-state index in [4.69, 9.17) is 0 Å². The van der Waals surface area contributed by atoms with Gasteiger partial charge >= 0.3 is 6.03 Å². The van der Waals surface area contributed by atoms with Gasteiger partial charge in [-0.3, -0.25) is 0 Å². The van der Waals surface area contributed by atoms with Crippen molar-refractivity contribution in [2.75, 3.05) is 6.54 Å². The summed E-state index contributed by atoms with van der Waals surface area (Å²) >= 11 is 0. The largest absolute Gasteiger partial charge is 0.335 e. The molecular formula is C13H26N2O. The minimum Gasteiger partial charge on any atom is -0.335 e. The highest BCUT2D eigenvalue weighted by Crippen LogP contribution is 2.18. The summed E-state index contributed by atoms with van der Waals surface area (Å²) in [5.41, 5.74) is 0. The molecule has 3 heteroatoms. The van der Waals surface area contributed by atoms with Crippen LogP contribution < -0.4 is 5.32 Å². The lowest BCUT2D eigenvalue weighted by molar-refractivity contribution is 0.171. The highest BCUT2D eigenvalue weighted by atomic mass is 16.2. The molecule has 94 valence electrons. The van der Waals surface area contributed by atoms with E-state index in [0.29, 0.717) is 12.0 Å². The summed E-state index contributed by atoms with van der Waals surface area (Å²) in [5, 5.41) is 3.15. The molecule has 1 saturated carbocycles. The van der Waals surface area contributed by atoms with E-state index in [1.807, 2.05) is 4.90 Å². The zero-order valence-corrected chi connectivity index (χ0v) is 11.1. The van der Waals surface area contributed by atoms with Crippen LogP contribution in [0.15, 0.2) is 0 Å². The van der Waals surface area contributed by atoms with E-state index < -0.39 is 0 Å². The molecule has 0 spiro atoms. The van der Waals surface area contributed by atoms with Gasteiger partial charge in [-0.25, -0.2) is 4.79 Å². The predicted molar refractivity (Wildman–Crippen MR) is 67.5 cm³/mol. The second-order valence-electron chi connectivity index (χ2n) is 5.57. The third kappa shape index (κ3) is 4.03. The van der Waals surface area contributed by atoms with Crippen LogP contribution in [0.4, 0.5) is 4.79 Å². The molecule has 0 heterocycles. The molecule has 0 bridgehead atoms. The molecule has 0 aliphatic heterocycles. The van der Waals surface area contributed by atoms with E-state index in [9.17, 15) is 4.79 Å². The fourth-order valence-electron chi connectivity index (χ4n) is 2.25. The smallest absolute Gasteiger partial charge is 0.317 e. The molecule has 0 saturated heterocycles. The third-order valence-electron chi connectivity index (χ3n) is 3.13. The first-order chi connectivity index (χ1) is 7.50. The predicted octanol–water partition coefficient (Wildman–Crippen LogP) is 3.01. The summed E-state index contributed by atoms with van der Waals surface area (Å²) in [6, 6.07) is 0.820. The van der Waals surface area contributed by atoms with Crippen LogP contribution in [0, 0.1) is 5.92 Å². The average molecular weight is 226 g/mol. The van der Waals surface area contributed by atoms with Gasteiger partial charge in [-0.1, -0.05) is 26.7 Å². The summed E-state index contributed by atoms with van der Waals surface area (Å²) < 4.78 is 0. The molecule has 0 aromatic carbocycles. The lowest BCUT2D eigenvalue weighted by Gasteiger charge is -2.30. The van der Waals surface area contributed by atoms with Crippen LogP contribution in [0.5, 0.6) is 0 Å². The summed E-state index contributed by atoms with van der Waals surface area (Å²) in [6.07, 6.45) is 4.83. The van der Waals surface area contributed by atoms with Crippen LogP contribution in [0.3, 0.4) is 0 Å².